The zero-order chi connectivity index (χ0) is 12.1. The monoisotopic (exact) mass is 287 g/mol. The van der Waals surface area contributed by atoms with E-state index in [2.05, 4.69) is 15.9 Å². The van der Waals surface area contributed by atoms with Crippen molar-refractivity contribution in [1.82, 2.24) is 0 Å². The third-order valence-electron chi connectivity index (χ3n) is 2.82. The van der Waals surface area contributed by atoms with Gasteiger partial charge in [0.15, 0.2) is 0 Å². The van der Waals surface area contributed by atoms with E-state index < -0.39 is 0 Å². The van der Waals surface area contributed by atoms with E-state index in [1.807, 2.05) is 25.1 Å². The van der Waals surface area contributed by atoms with Crippen molar-refractivity contribution in [3.8, 4) is 5.75 Å². The molecule has 0 saturated carbocycles. The molecule has 0 heterocycles. The van der Waals surface area contributed by atoms with Crippen LogP contribution in [0.2, 0.25) is 0 Å². The maximum absolute atomic E-state index is 9.26. The molecule has 3 N–H and O–H groups in total. The van der Waals surface area contributed by atoms with Crippen molar-refractivity contribution < 1.29 is 9.84 Å². The molecule has 2 atom stereocenters. The number of rotatable bonds is 5. The lowest BCUT2D eigenvalue weighted by Gasteiger charge is -2.22. The fourth-order valence-electron chi connectivity index (χ4n) is 1.72. The molecule has 0 saturated heterocycles. The Morgan fingerprint density at radius 1 is 1.50 bits per heavy atom. The smallest absolute Gasteiger partial charge is 0.123 e. The Balaban J connectivity index is 3.04. The van der Waals surface area contributed by atoms with Gasteiger partial charge in [-0.05, 0) is 24.6 Å². The van der Waals surface area contributed by atoms with Crippen LogP contribution in [-0.2, 0) is 0 Å². The molecule has 1 aromatic rings. The second-order valence-corrected chi connectivity index (χ2v) is 4.68. The van der Waals surface area contributed by atoms with Crippen LogP contribution in [0.5, 0.6) is 5.75 Å². The molecule has 4 heteroatoms. The molecule has 3 nitrogen and oxygen atoms in total. The van der Waals surface area contributed by atoms with Crippen molar-refractivity contribution in [2.24, 2.45) is 11.7 Å². The Labute approximate surface area is 105 Å². The summed E-state index contributed by atoms with van der Waals surface area (Å²) in [5.74, 6) is 0.825. The number of halogens is 1. The molecule has 0 amide bonds. The van der Waals surface area contributed by atoms with E-state index in [-0.39, 0.29) is 18.6 Å². The van der Waals surface area contributed by atoms with E-state index in [1.165, 1.54) is 0 Å². The molecule has 1 rings (SSSR count). The van der Waals surface area contributed by atoms with Gasteiger partial charge in [-0.15, -0.1) is 0 Å². The molecule has 0 spiro atoms. The number of aliphatic hydroxyl groups is 1. The van der Waals surface area contributed by atoms with Gasteiger partial charge in [0.25, 0.3) is 0 Å². The first kappa shape index (κ1) is 13.5. The van der Waals surface area contributed by atoms with Gasteiger partial charge >= 0.3 is 0 Å². The number of benzene rings is 1. The topological polar surface area (TPSA) is 55.5 Å². The van der Waals surface area contributed by atoms with Gasteiger partial charge in [0.05, 0.1) is 7.11 Å². The molecule has 0 bridgehead atoms. The zero-order valence-electron chi connectivity index (χ0n) is 9.61. The first-order chi connectivity index (χ1) is 7.63. The number of hydrogen-bond acceptors (Lipinski definition) is 3. The van der Waals surface area contributed by atoms with Crippen molar-refractivity contribution in [2.75, 3.05) is 13.7 Å². The Hall–Kier alpha value is -0.580. The second kappa shape index (κ2) is 6.23. The van der Waals surface area contributed by atoms with Crippen LogP contribution in [0, 0.1) is 5.92 Å². The first-order valence-electron chi connectivity index (χ1n) is 5.33. The molecule has 90 valence electrons. The van der Waals surface area contributed by atoms with Gasteiger partial charge in [0.1, 0.15) is 5.75 Å². The van der Waals surface area contributed by atoms with Crippen molar-refractivity contribution >= 4 is 15.9 Å². The summed E-state index contributed by atoms with van der Waals surface area (Å²) in [6.07, 6.45) is 0.841. The standard InChI is InChI=1S/C12H18BrNO2/c1-3-8(7-15)12(14)10-6-9(13)4-5-11(10)16-2/h4-6,8,12,15H,3,7,14H2,1-2H3. The van der Waals surface area contributed by atoms with Crippen molar-refractivity contribution in [2.45, 2.75) is 19.4 Å². The molecular weight excluding hydrogens is 270 g/mol. The molecular formula is C12H18BrNO2. The summed E-state index contributed by atoms with van der Waals surface area (Å²) in [7, 11) is 1.62. The van der Waals surface area contributed by atoms with Crippen molar-refractivity contribution in [1.29, 1.82) is 0 Å². The minimum Gasteiger partial charge on any atom is -0.496 e. The van der Waals surface area contributed by atoms with Crippen LogP contribution in [0.25, 0.3) is 0 Å². The average Bonchev–Trinajstić information content (AvgIpc) is 2.30. The predicted octanol–water partition coefficient (Wildman–Crippen LogP) is 2.48. The number of nitrogens with two attached hydrogens (primary N) is 1. The van der Waals surface area contributed by atoms with Gasteiger partial charge in [-0.3, -0.25) is 0 Å². The molecule has 0 fully saturated rings. The lowest BCUT2D eigenvalue weighted by Crippen LogP contribution is -2.24. The largest absolute Gasteiger partial charge is 0.496 e. The van der Waals surface area contributed by atoms with Gasteiger partial charge in [0.2, 0.25) is 0 Å². The zero-order valence-corrected chi connectivity index (χ0v) is 11.2. The van der Waals surface area contributed by atoms with Crippen LogP contribution in [0.3, 0.4) is 0 Å². The van der Waals surface area contributed by atoms with Crippen LogP contribution < -0.4 is 10.5 Å². The SMILES string of the molecule is CCC(CO)C(N)c1cc(Br)ccc1OC. The van der Waals surface area contributed by atoms with E-state index in [0.29, 0.717) is 0 Å². The third-order valence-corrected chi connectivity index (χ3v) is 3.31. The molecule has 0 aromatic heterocycles. The van der Waals surface area contributed by atoms with Crippen molar-refractivity contribution in [3.05, 3.63) is 28.2 Å². The normalized spacial score (nSPS) is 14.6. The summed E-state index contributed by atoms with van der Waals surface area (Å²) in [6, 6.07) is 5.53. The van der Waals surface area contributed by atoms with Crippen LogP contribution in [0.4, 0.5) is 0 Å². The van der Waals surface area contributed by atoms with Crippen molar-refractivity contribution in [3.63, 3.8) is 0 Å². The van der Waals surface area contributed by atoms with Gasteiger partial charge in [-0.1, -0.05) is 22.9 Å². The molecule has 0 radical (unpaired) electrons. The third kappa shape index (κ3) is 2.97. The lowest BCUT2D eigenvalue weighted by atomic mass is 9.92. The quantitative estimate of drug-likeness (QED) is 0.875. The highest BCUT2D eigenvalue weighted by atomic mass is 79.9. The first-order valence-corrected chi connectivity index (χ1v) is 6.13. The Bertz CT molecular complexity index is 340. The minimum atomic E-state index is -0.206. The lowest BCUT2D eigenvalue weighted by molar-refractivity contribution is 0.199. The molecule has 2 unspecified atom stereocenters. The van der Waals surface area contributed by atoms with E-state index >= 15 is 0 Å². The molecule has 0 aliphatic carbocycles. The Kier molecular flexibility index (Phi) is 5.25. The van der Waals surface area contributed by atoms with Crippen LogP contribution in [-0.4, -0.2) is 18.8 Å². The van der Waals surface area contributed by atoms with E-state index in [0.717, 1.165) is 22.2 Å². The highest BCUT2D eigenvalue weighted by Gasteiger charge is 2.20. The number of ether oxygens (including phenoxy) is 1. The Morgan fingerprint density at radius 3 is 2.69 bits per heavy atom. The predicted molar refractivity (Wildman–Crippen MR) is 68.5 cm³/mol. The number of methoxy groups -OCH3 is 1. The highest BCUT2D eigenvalue weighted by Crippen LogP contribution is 2.32. The Morgan fingerprint density at radius 2 is 2.19 bits per heavy atom. The summed E-state index contributed by atoms with van der Waals surface area (Å²) in [5.41, 5.74) is 7.07. The molecule has 0 aliphatic heterocycles. The van der Waals surface area contributed by atoms with E-state index in [4.69, 9.17) is 10.5 Å². The summed E-state index contributed by atoms with van der Waals surface area (Å²) in [4.78, 5) is 0. The van der Waals surface area contributed by atoms with Gasteiger partial charge in [0, 0.05) is 28.6 Å². The highest BCUT2D eigenvalue weighted by molar-refractivity contribution is 9.10. The average molecular weight is 288 g/mol. The second-order valence-electron chi connectivity index (χ2n) is 3.76. The maximum Gasteiger partial charge on any atom is 0.123 e. The molecule has 16 heavy (non-hydrogen) atoms. The van der Waals surface area contributed by atoms with E-state index in [9.17, 15) is 5.11 Å². The van der Waals surface area contributed by atoms with Crippen LogP contribution >= 0.6 is 15.9 Å². The van der Waals surface area contributed by atoms with Crippen LogP contribution in [0.15, 0.2) is 22.7 Å². The fraction of sp³-hybridized carbons (Fsp3) is 0.500. The maximum atomic E-state index is 9.26. The minimum absolute atomic E-state index is 0.0585. The summed E-state index contributed by atoms with van der Waals surface area (Å²) in [6.45, 7) is 2.11. The van der Waals surface area contributed by atoms with E-state index in [1.54, 1.807) is 7.11 Å². The summed E-state index contributed by atoms with van der Waals surface area (Å²) in [5, 5.41) is 9.26. The van der Waals surface area contributed by atoms with Gasteiger partial charge < -0.3 is 15.6 Å². The van der Waals surface area contributed by atoms with Gasteiger partial charge in [-0.2, -0.15) is 0 Å². The van der Waals surface area contributed by atoms with Gasteiger partial charge in [-0.25, -0.2) is 0 Å². The summed E-state index contributed by atoms with van der Waals surface area (Å²) < 4.78 is 6.24. The fourth-order valence-corrected chi connectivity index (χ4v) is 2.10. The number of hydrogen-bond donors (Lipinski definition) is 2. The summed E-state index contributed by atoms with van der Waals surface area (Å²) >= 11 is 3.41. The molecule has 1 aromatic carbocycles. The number of aliphatic hydroxyl groups excluding tert-OH is 1. The molecule has 0 aliphatic rings. The van der Waals surface area contributed by atoms with Crippen LogP contribution in [0.1, 0.15) is 24.9 Å².